The number of halogens is 2. The summed E-state index contributed by atoms with van der Waals surface area (Å²) in [6, 6.07) is 1.44. The van der Waals surface area contributed by atoms with Crippen LogP contribution in [0.2, 0.25) is 0 Å². The van der Waals surface area contributed by atoms with Crippen LogP contribution in [0.1, 0.15) is 12.6 Å². The summed E-state index contributed by atoms with van der Waals surface area (Å²) in [5, 5.41) is 9.06. The molecule has 0 unspecified atom stereocenters. The lowest BCUT2D eigenvalue weighted by atomic mass is 10.2. The number of aliphatic hydroxyl groups excluding tert-OH is 1. The first-order chi connectivity index (χ1) is 8.42. The molecule has 1 aromatic rings. The Balaban J connectivity index is 1.89. The maximum absolute atomic E-state index is 13.4. The molecule has 8 heteroatoms. The SMILES string of the molecule is Nc1cc[n+]([C@H]2C[C@@H]3C(F)(F)[C@]3(CO)O2)c(=O)[nH]1. The van der Waals surface area contributed by atoms with Crippen molar-refractivity contribution in [3.05, 3.63) is 22.7 Å². The second-order valence-electron chi connectivity index (χ2n) is 4.64. The number of aromatic nitrogens is 2. The van der Waals surface area contributed by atoms with E-state index in [0.717, 1.165) is 4.57 Å². The predicted molar refractivity (Wildman–Crippen MR) is 54.7 cm³/mol. The molecule has 18 heavy (non-hydrogen) atoms. The van der Waals surface area contributed by atoms with E-state index in [1.807, 2.05) is 0 Å². The third kappa shape index (κ3) is 1.21. The number of aliphatic hydroxyl groups is 1. The Kier molecular flexibility index (Phi) is 2.09. The Bertz CT molecular complexity index is 562. The van der Waals surface area contributed by atoms with Crippen molar-refractivity contribution in [3.63, 3.8) is 0 Å². The Morgan fingerprint density at radius 1 is 1.67 bits per heavy atom. The van der Waals surface area contributed by atoms with Crippen molar-refractivity contribution in [3.8, 4) is 0 Å². The van der Waals surface area contributed by atoms with Crippen LogP contribution in [0.4, 0.5) is 14.6 Å². The van der Waals surface area contributed by atoms with Gasteiger partial charge in [-0.15, -0.1) is 0 Å². The number of hydrogen-bond donors (Lipinski definition) is 3. The summed E-state index contributed by atoms with van der Waals surface area (Å²) >= 11 is 0. The molecule has 1 aliphatic heterocycles. The lowest BCUT2D eigenvalue weighted by molar-refractivity contribution is -0.777. The minimum atomic E-state index is -3.01. The van der Waals surface area contributed by atoms with Crippen LogP contribution < -0.4 is 16.0 Å². The number of H-pyrrole nitrogens is 1. The molecule has 3 atom stereocenters. The number of aromatic amines is 1. The first-order valence-electron chi connectivity index (χ1n) is 5.49. The molecule has 0 bridgehead atoms. The third-order valence-electron chi connectivity index (χ3n) is 3.71. The number of rotatable bonds is 2. The molecule has 1 saturated heterocycles. The van der Waals surface area contributed by atoms with Crippen LogP contribution in [-0.2, 0) is 4.74 Å². The molecule has 0 radical (unpaired) electrons. The van der Waals surface area contributed by atoms with E-state index in [0.29, 0.717) is 0 Å². The predicted octanol–water partition coefficient (Wildman–Crippen LogP) is -0.840. The number of nitrogens with zero attached hydrogens (tertiary/aromatic N) is 1. The number of nitrogens with one attached hydrogen (secondary N) is 1. The van der Waals surface area contributed by atoms with Crippen molar-refractivity contribution in [1.82, 2.24) is 4.98 Å². The maximum Gasteiger partial charge on any atom is 0.499 e. The summed E-state index contributed by atoms with van der Waals surface area (Å²) < 4.78 is 33.1. The first-order valence-corrected chi connectivity index (χ1v) is 5.49. The molecule has 2 fully saturated rings. The van der Waals surface area contributed by atoms with E-state index >= 15 is 0 Å². The van der Waals surface area contributed by atoms with Crippen molar-refractivity contribution in [2.45, 2.75) is 24.2 Å². The van der Waals surface area contributed by atoms with Crippen molar-refractivity contribution in [1.29, 1.82) is 0 Å². The largest absolute Gasteiger partial charge is 0.499 e. The van der Waals surface area contributed by atoms with Gasteiger partial charge in [0, 0.05) is 12.5 Å². The number of alkyl halides is 2. The highest BCUT2D eigenvalue weighted by atomic mass is 19.3. The van der Waals surface area contributed by atoms with Crippen LogP contribution in [-0.4, -0.2) is 28.2 Å². The molecule has 6 nitrogen and oxygen atoms in total. The molecule has 3 rings (SSSR count). The summed E-state index contributed by atoms with van der Waals surface area (Å²) in [6.45, 7) is -0.755. The van der Waals surface area contributed by atoms with Crippen LogP contribution in [0, 0.1) is 5.92 Å². The van der Waals surface area contributed by atoms with Gasteiger partial charge in [0.15, 0.2) is 11.4 Å². The van der Waals surface area contributed by atoms with Gasteiger partial charge in [0.1, 0.15) is 6.20 Å². The average Bonchev–Trinajstić information content (AvgIpc) is 2.63. The molecule has 2 heterocycles. The molecule has 0 amide bonds. The summed E-state index contributed by atoms with van der Waals surface area (Å²) in [7, 11) is 0. The van der Waals surface area contributed by atoms with Crippen LogP contribution in [0.15, 0.2) is 17.1 Å². The monoisotopic (exact) mass is 260 g/mol. The zero-order valence-electron chi connectivity index (χ0n) is 9.27. The van der Waals surface area contributed by atoms with Crippen molar-refractivity contribution in [2.75, 3.05) is 12.3 Å². The van der Waals surface area contributed by atoms with E-state index < -0.39 is 36.0 Å². The van der Waals surface area contributed by atoms with Crippen LogP contribution in [0.25, 0.3) is 0 Å². The molecule has 0 aromatic carbocycles. The fourth-order valence-corrected chi connectivity index (χ4v) is 2.61. The van der Waals surface area contributed by atoms with E-state index in [4.69, 9.17) is 15.6 Å². The number of ether oxygens (including phenoxy) is 1. The standard InChI is InChI=1S/C10H11F2N3O3/c11-10(12)5-3-7(18-9(5,10)4-16)15-2-1-6(13)14-8(15)17/h1-2,5,7,16H,3-4H2,(H2,13,14,17)/p+1/t5-,7+,9+/m0/s1. The van der Waals surface area contributed by atoms with Gasteiger partial charge in [0.25, 0.3) is 5.92 Å². The van der Waals surface area contributed by atoms with E-state index in [-0.39, 0.29) is 12.2 Å². The molecular formula is C10H12F2N3O3+. The Hall–Kier alpha value is -1.54. The minimum Gasteiger partial charge on any atom is -0.393 e. The molecule has 1 aliphatic carbocycles. The van der Waals surface area contributed by atoms with Gasteiger partial charge in [-0.05, 0) is 0 Å². The van der Waals surface area contributed by atoms with Gasteiger partial charge in [-0.25, -0.2) is 8.78 Å². The zero-order valence-corrected chi connectivity index (χ0v) is 9.27. The molecule has 2 aliphatic rings. The fraction of sp³-hybridized carbons (Fsp3) is 0.600. The molecular weight excluding hydrogens is 248 g/mol. The van der Waals surface area contributed by atoms with Gasteiger partial charge in [0.2, 0.25) is 6.23 Å². The van der Waals surface area contributed by atoms with Gasteiger partial charge < -0.3 is 15.6 Å². The summed E-state index contributed by atoms with van der Waals surface area (Å²) in [5.74, 6) is -3.87. The van der Waals surface area contributed by atoms with Gasteiger partial charge in [-0.3, -0.25) is 0 Å². The number of hydrogen-bond acceptors (Lipinski definition) is 4. The molecule has 1 aromatic heterocycles. The van der Waals surface area contributed by atoms with Crippen LogP contribution >= 0.6 is 0 Å². The Labute approximate surface area is 100.0 Å². The van der Waals surface area contributed by atoms with E-state index in [9.17, 15) is 13.6 Å². The second kappa shape index (κ2) is 3.27. The average molecular weight is 260 g/mol. The quantitative estimate of drug-likeness (QED) is 0.604. The zero-order chi connectivity index (χ0) is 13.1. The molecule has 0 spiro atoms. The Morgan fingerprint density at radius 2 is 2.39 bits per heavy atom. The summed E-state index contributed by atoms with van der Waals surface area (Å²) in [6.07, 6.45) is 0.573. The summed E-state index contributed by atoms with van der Waals surface area (Å²) in [4.78, 5) is 14.0. The van der Waals surface area contributed by atoms with Crippen LogP contribution in [0.5, 0.6) is 0 Å². The number of nitrogens with two attached hydrogens (primary N) is 1. The Morgan fingerprint density at radius 3 is 2.94 bits per heavy atom. The van der Waals surface area contributed by atoms with Crippen molar-refractivity contribution in [2.24, 2.45) is 5.92 Å². The van der Waals surface area contributed by atoms with Crippen LogP contribution in [0.3, 0.4) is 0 Å². The van der Waals surface area contributed by atoms with E-state index in [2.05, 4.69) is 4.98 Å². The van der Waals surface area contributed by atoms with E-state index in [1.54, 1.807) is 0 Å². The van der Waals surface area contributed by atoms with Gasteiger partial charge in [0.05, 0.1) is 12.5 Å². The highest BCUT2D eigenvalue weighted by Crippen LogP contribution is 2.68. The lowest BCUT2D eigenvalue weighted by Crippen LogP contribution is -2.56. The highest BCUT2D eigenvalue weighted by molar-refractivity contribution is 5.24. The van der Waals surface area contributed by atoms with Gasteiger partial charge in [-0.2, -0.15) is 14.3 Å². The molecule has 1 saturated carbocycles. The lowest BCUT2D eigenvalue weighted by Gasteiger charge is -2.17. The summed E-state index contributed by atoms with van der Waals surface area (Å²) in [5.41, 5.74) is 3.04. The third-order valence-corrected chi connectivity index (χ3v) is 3.71. The van der Waals surface area contributed by atoms with E-state index in [1.165, 1.54) is 12.3 Å². The maximum atomic E-state index is 13.4. The van der Waals surface area contributed by atoms with Crippen molar-refractivity contribution >= 4 is 5.82 Å². The number of anilines is 1. The van der Waals surface area contributed by atoms with Crippen molar-refractivity contribution < 1.29 is 23.2 Å². The molecule has 98 valence electrons. The smallest absolute Gasteiger partial charge is 0.393 e. The first kappa shape index (κ1) is 11.5. The topological polar surface area (TPSA) is 92.2 Å². The second-order valence-corrected chi connectivity index (χ2v) is 4.64. The number of nitrogen functional groups attached to an aromatic ring is 1. The van der Waals surface area contributed by atoms with Gasteiger partial charge in [-0.1, -0.05) is 0 Å². The minimum absolute atomic E-state index is 0.00871. The number of fused-ring (bicyclic) bond motifs is 1. The highest BCUT2D eigenvalue weighted by Gasteiger charge is 2.86. The fourth-order valence-electron chi connectivity index (χ4n) is 2.61. The molecule has 4 N–H and O–H groups in total. The van der Waals surface area contributed by atoms with Gasteiger partial charge >= 0.3 is 5.69 Å². The normalized spacial score (nSPS) is 36.4.